The fourth-order valence-corrected chi connectivity index (χ4v) is 8.47. The zero-order valence-corrected chi connectivity index (χ0v) is 30.7. The number of fused-ring (bicyclic) bond motifs is 4. The zero-order chi connectivity index (χ0) is 36.7. The number of rotatable bonds is 7. The normalized spacial score (nSPS) is 13.8. The van der Waals surface area contributed by atoms with Crippen LogP contribution in [0.4, 0.5) is 11.4 Å². The van der Waals surface area contributed by atoms with Crippen molar-refractivity contribution < 1.29 is 4.42 Å². The molecule has 10 rings (SSSR count). The quantitative estimate of drug-likeness (QED) is 0.164. The monoisotopic (exact) mass is 705 g/mol. The smallest absolute Gasteiger partial charge is 0.143 e. The van der Waals surface area contributed by atoms with E-state index >= 15 is 0 Å². The molecule has 0 bridgehead atoms. The van der Waals surface area contributed by atoms with E-state index in [9.17, 15) is 0 Å². The highest BCUT2D eigenvalue weighted by Crippen LogP contribution is 2.44. The van der Waals surface area contributed by atoms with Gasteiger partial charge < -0.3 is 9.32 Å². The first kappa shape index (κ1) is 32.7. The summed E-state index contributed by atoms with van der Waals surface area (Å²) in [5.41, 5.74) is 14.6. The third kappa shape index (κ3) is 5.93. The highest BCUT2D eigenvalue weighted by molar-refractivity contribution is 6.13. The number of benzene rings is 8. The molecule has 1 aliphatic rings. The van der Waals surface area contributed by atoms with Crippen LogP contribution in [0.1, 0.15) is 13.3 Å². The lowest BCUT2D eigenvalue weighted by atomic mass is 9.92. The first-order valence-corrected chi connectivity index (χ1v) is 19.1. The van der Waals surface area contributed by atoms with E-state index < -0.39 is 0 Å². The molecule has 262 valence electrons. The molecule has 1 heterocycles. The maximum absolute atomic E-state index is 6.89. The standard InChI is InChI=1S/C53H39NO/c1-36-32-40-20-8-9-26-45(40)51(33-36)54(42-23-12-21-39(34-42)37-16-4-2-5-17-37)43-24-13-22-41(35-43)44-25-10-11-27-47(44)48-29-15-31-50-49-30-14-28-46(52(49)55-53(48)50)38-18-6-3-7-19-38/h2-32,34-36H,33H2,1H3. The molecule has 1 unspecified atom stereocenters. The summed E-state index contributed by atoms with van der Waals surface area (Å²) in [6, 6.07) is 69.8. The summed E-state index contributed by atoms with van der Waals surface area (Å²) in [6.07, 6.45) is 3.35. The topological polar surface area (TPSA) is 16.4 Å². The summed E-state index contributed by atoms with van der Waals surface area (Å²) in [4.78, 5) is 2.49. The molecule has 0 amide bonds. The summed E-state index contributed by atoms with van der Waals surface area (Å²) in [7, 11) is 0. The Hall–Kier alpha value is -6.90. The minimum absolute atomic E-state index is 0.403. The molecule has 1 aromatic heterocycles. The molecule has 0 saturated heterocycles. The zero-order valence-electron chi connectivity index (χ0n) is 30.7. The average molecular weight is 706 g/mol. The first-order valence-electron chi connectivity index (χ1n) is 19.1. The molecular formula is C53H39NO. The number of nitrogens with zero attached hydrogens (tertiary/aromatic N) is 1. The molecule has 0 radical (unpaired) electrons. The summed E-state index contributed by atoms with van der Waals surface area (Å²) < 4.78 is 6.89. The van der Waals surface area contributed by atoms with Gasteiger partial charge in [0.25, 0.3) is 0 Å². The van der Waals surface area contributed by atoms with Gasteiger partial charge in [0.1, 0.15) is 11.2 Å². The van der Waals surface area contributed by atoms with Crippen molar-refractivity contribution in [2.75, 3.05) is 4.90 Å². The fourth-order valence-electron chi connectivity index (χ4n) is 8.47. The fraction of sp³-hybridized carbons (Fsp3) is 0.0566. The van der Waals surface area contributed by atoms with Crippen molar-refractivity contribution in [1.29, 1.82) is 0 Å². The van der Waals surface area contributed by atoms with Crippen LogP contribution in [-0.4, -0.2) is 0 Å². The average Bonchev–Trinajstić information content (AvgIpc) is 3.64. The highest BCUT2D eigenvalue weighted by atomic mass is 16.3. The van der Waals surface area contributed by atoms with E-state index in [1.807, 2.05) is 0 Å². The molecule has 9 aromatic rings. The maximum Gasteiger partial charge on any atom is 0.143 e. The minimum atomic E-state index is 0.403. The third-order valence-corrected chi connectivity index (χ3v) is 11.0. The second-order valence-corrected chi connectivity index (χ2v) is 14.6. The minimum Gasteiger partial charge on any atom is -0.455 e. The Morgan fingerprint density at radius 1 is 0.436 bits per heavy atom. The molecule has 0 aliphatic heterocycles. The lowest BCUT2D eigenvalue weighted by Crippen LogP contribution is -2.36. The van der Waals surface area contributed by atoms with Crippen molar-refractivity contribution in [3.05, 3.63) is 205 Å². The van der Waals surface area contributed by atoms with Gasteiger partial charge in [0.05, 0.1) is 0 Å². The van der Waals surface area contributed by atoms with Crippen molar-refractivity contribution in [2.24, 2.45) is 5.92 Å². The molecule has 1 atom stereocenters. The number of anilines is 2. The van der Waals surface area contributed by atoms with Crippen molar-refractivity contribution >= 4 is 45.1 Å². The van der Waals surface area contributed by atoms with Gasteiger partial charge in [-0.1, -0.05) is 183 Å². The van der Waals surface area contributed by atoms with E-state index in [-0.39, 0.29) is 0 Å². The van der Waals surface area contributed by atoms with E-state index in [0.29, 0.717) is 5.92 Å². The Labute approximate surface area is 321 Å². The number of furan rings is 1. The van der Waals surface area contributed by atoms with Gasteiger partial charge in [0.15, 0.2) is 0 Å². The van der Waals surface area contributed by atoms with Crippen molar-refractivity contribution in [2.45, 2.75) is 13.3 Å². The SMILES string of the molecule is CC1C=c2ccccc2=C(N(c2cccc(-c3ccccc3)c2)c2cccc(-c3ccccc3-c3cccc4c3oc3c(-c5ccccc5)cccc34)c2)C1. The number of hydrogen-bond donors (Lipinski definition) is 0. The van der Waals surface area contributed by atoms with Gasteiger partial charge in [-0.2, -0.15) is 0 Å². The largest absolute Gasteiger partial charge is 0.455 e. The van der Waals surface area contributed by atoms with Crippen LogP contribution < -0.4 is 15.3 Å². The van der Waals surface area contributed by atoms with Crippen LogP contribution in [0, 0.1) is 5.92 Å². The molecular weight excluding hydrogens is 667 g/mol. The number of para-hydroxylation sites is 2. The predicted octanol–water partition coefficient (Wildman–Crippen LogP) is 13.0. The van der Waals surface area contributed by atoms with E-state index in [0.717, 1.165) is 73.1 Å². The van der Waals surface area contributed by atoms with Crippen molar-refractivity contribution in [3.63, 3.8) is 0 Å². The summed E-state index contributed by atoms with van der Waals surface area (Å²) in [6.45, 7) is 2.32. The predicted molar refractivity (Wildman–Crippen MR) is 231 cm³/mol. The van der Waals surface area contributed by atoms with Gasteiger partial charge in [-0.25, -0.2) is 0 Å². The molecule has 0 spiro atoms. The molecule has 0 fully saturated rings. The van der Waals surface area contributed by atoms with Gasteiger partial charge in [-0.15, -0.1) is 0 Å². The Kier molecular flexibility index (Phi) is 8.22. The van der Waals surface area contributed by atoms with Crippen LogP contribution in [0.5, 0.6) is 0 Å². The van der Waals surface area contributed by atoms with Crippen LogP contribution in [0.3, 0.4) is 0 Å². The molecule has 0 N–H and O–H groups in total. The summed E-state index contributed by atoms with van der Waals surface area (Å²) in [5, 5.41) is 4.82. The Morgan fingerprint density at radius 3 is 1.71 bits per heavy atom. The molecule has 0 saturated carbocycles. The van der Waals surface area contributed by atoms with Gasteiger partial charge >= 0.3 is 0 Å². The van der Waals surface area contributed by atoms with E-state index in [2.05, 4.69) is 212 Å². The number of hydrogen-bond acceptors (Lipinski definition) is 2. The van der Waals surface area contributed by atoms with E-state index in [4.69, 9.17) is 4.42 Å². The molecule has 8 aromatic carbocycles. The van der Waals surface area contributed by atoms with Crippen molar-refractivity contribution in [1.82, 2.24) is 0 Å². The lowest BCUT2D eigenvalue weighted by Gasteiger charge is -2.31. The van der Waals surface area contributed by atoms with Gasteiger partial charge in [0.2, 0.25) is 0 Å². The third-order valence-electron chi connectivity index (χ3n) is 11.0. The molecule has 1 aliphatic carbocycles. The van der Waals surface area contributed by atoms with E-state index in [1.54, 1.807) is 0 Å². The van der Waals surface area contributed by atoms with Gasteiger partial charge in [-0.3, -0.25) is 0 Å². The van der Waals surface area contributed by atoms with Crippen LogP contribution >= 0.6 is 0 Å². The molecule has 2 heteroatoms. The second-order valence-electron chi connectivity index (χ2n) is 14.6. The highest BCUT2D eigenvalue weighted by Gasteiger charge is 2.22. The van der Waals surface area contributed by atoms with Gasteiger partial charge in [-0.05, 0) is 75.2 Å². The van der Waals surface area contributed by atoms with E-state index in [1.165, 1.54) is 27.3 Å². The lowest BCUT2D eigenvalue weighted by molar-refractivity contribution is 0.671. The summed E-state index contributed by atoms with van der Waals surface area (Å²) >= 11 is 0. The van der Waals surface area contributed by atoms with Crippen LogP contribution in [0.15, 0.2) is 199 Å². The Bertz CT molecular complexity index is 2980. The molecule has 2 nitrogen and oxygen atoms in total. The Morgan fingerprint density at radius 2 is 0.964 bits per heavy atom. The van der Waals surface area contributed by atoms with Crippen LogP contribution in [0.2, 0.25) is 0 Å². The maximum atomic E-state index is 6.89. The Balaban J connectivity index is 1.15. The summed E-state index contributed by atoms with van der Waals surface area (Å²) in [5.74, 6) is 0.403. The first-order chi connectivity index (χ1) is 27.2. The van der Waals surface area contributed by atoms with Crippen LogP contribution in [0.25, 0.3) is 78.2 Å². The van der Waals surface area contributed by atoms with Crippen LogP contribution in [-0.2, 0) is 0 Å². The van der Waals surface area contributed by atoms with Gasteiger partial charge in [0, 0.05) is 44.2 Å². The second kappa shape index (κ2) is 13.8. The molecule has 55 heavy (non-hydrogen) atoms. The van der Waals surface area contributed by atoms with Crippen molar-refractivity contribution in [3.8, 4) is 44.5 Å².